The summed E-state index contributed by atoms with van der Waals surface area (Å²) in [7, 11) is -16.8. The molecular weight excluding hydrogens is 1000 g/mol. The molecular formula is C45H65ClFN2O18P3. The number of nitrogens with zero attached hydrogens (tertiary/aromatic N) is 1. The molecule has 2 heterocycles. The molecule has 3 unspecified atom stereocenters. The lowest BCUT2D eigenvalue weighted by atomic mass is 10.0. The van der Waals surface area contributed by atoms with Crippen molar-refractivity contribution in [3.05, 3.63) is 91.7 Å². The Morgan fingerprint density at radius 2 is 1.24 bits per heavy atom. The zero-order valence-electron chi connectivity index (χ0n) is 39.5. The fourth-order valence-corrected chi connectivity index (χ4v) is 11.1. The lowest BCUT2D eigenvalue weighted by molar-refractivity contribution is -0.134. The highest BCUT2D eigenvalue weighted by Gasteiger charge is 2.45. The molecule has 2 aromatic carbocycles. The summed E-state index contributed by atoms with van der Waals surface area (Å²) in [4.78, 5) is 71.0. The molecule has 3 N–H and O–H groups in total. The Morgan fingerprint density at radius 3 is 1.79 bits per heavy atom. The van der Waals surface area contributed by atoms with E-state index in [1.807, 2.05) is 11.9 Å². The zero-order chi connectivity index (χ0) is 51.0. The van der Waals surface area contributed by atoms with Gasteiger partial charge in [0.1, 0.15) is 35.0 Å². The number of carbonyl (C=O) groups excluding carboxylic acids is 2. The molecule has 1 aliphatic heterocycles. The fraction of sp³-hybridized carbons (Fsp3) is 0.600. The van der Waals surface area contributed by atoms with Crippen molar-refractivity contribution in [1.29, 1.82) is 0 Å². The third-order valence-corrected chi connectivity index (χ3v) is 15.6. The minimum Gasteiger partial charge on any atom is -0.434 e. The molecule has 1 saturated heterocycles. The van der Waals surface area contributed by atoms with Crippen LogP contribution >= 0.6 is 35.1 Å². The van der Waals surface area contributed by atoms with Gasteiger partial charge in [-0.3, -0.25) is 32.7 Å². The summed E-state index contributed by atoms with van der Waals surface area (Å²) in [6.45, 7) is 2.04. The largest absolute Gasteiger partial charge is 0.513 e. The second kappa shape index (κ2) is 30.5. The summed E-state index contributed by atoms with van der Waals surface area (Å²) in [5.74, 6) is -0.150. The van der Waals surface area contributed by atoms with Crippen LogP contribution < -0.4 is 20.7 Å². The van der Waals surface area contributed by atoms with Gasteiger partial charge in [-0.15, -0.1) is 0 Å². The molecule has 0 amide bonds. The van der Waals surface area contributed by atoms with Gasteiger partial charge in [-0.2, -0.15) is 8.62 Å². The van der Waals surface area contributed by atoms with E-state index in [1.165, 1.54) is 113 Å². The number of rotatable bonds is 34. The smallest absolute Gasteiger partial charge is 0.434 e. The topological polar surface area (TPSA) is 264 Å². The Kier molecular flexibility index (Phi) is 25.7. The summed E-state index contributed by atoms with van der Waals surface area (Å²) in [6.07, 6.45) is 13.0. The van der Waals surface area contributed by atoms with Crippen LogP contribution in [0.1, 0.15) is 147 Å². The van der Waals surface area contributed by atoms with Crippen molar-refractivity contribution in [2.24, 2.45) is 0 Å². The fourth-order valence-electron chi connectivity index (χ4n) is 6.93. The number of carbonyl (C=O) groups is 2. The molecule has 0 aliphatic carbocycles. The molecule has 3 aromatic rings. The van der Waals surface area contributed by atoms with Crippen LogP contribution in [-0.2, 0) is 63.4 Å². The predicted octanol–water partition coefficient (Wildman–Crippen LogP) is 11.7. The van der Waals surface area contributed by atoms with E-state index < -0.39 is 96.6 Å². The Labute approximate surface area is 411 Å². The first-order chi connectivity index (χ1) is 33.4. The first kappa shape index (κ1) is 59.0. The lowest BCUT2D eigenvalue weighted by Crippen LogP contribution is -2.32. The van der Waals surface area contributed by atoms with E-state index in [0.29, 0.717) is 12.8 Å². The van der Waals surface area contributed by atoms with Gasteiger partial charge in [0.15, 0.2) is 0 Å². The van der Waals surface area contributed by atoms with Gasteiger partial charge >= 0.3 is 41.3 Å². The summed E-state index contributed by atoms with van der Waals surface area (Å²) >= 11 is 5.77. The number of hydrogen-bond acceptors (Lipinski definition) is 16. The third-order valence-electron chi connectivity index (χ3n) is 10.7. The van der Waals surface area contributed by atoms with Gasteiger partial charge < -0.3 is 28.7 Å². The van der Waals surface area contributed by atoms with Gasteiger partial charge in [0.05, 0.1) is 26.4 Å². The molecule has 25 heteroatoms. The molecule has 6 atom stereocenters. The van der Waals surface area contributed by atoms with Crippen molar-refractivity contribution in [3.8, 4) is 11.5 Å². The third kappa shape index (κ3) is 22.5. The molecule has 0 radical (unpaired) electrons. The monoisotopic (exact) mass is 1070 g/mol. The van der Waals surface area contributed by atoms with E-state index >= 15 is 0 Å². The van der Waals surface area contributed by atoms with Crippen LogP contribution in [0.2, 0.25) is 5.02 Å². The van der Waals surface area contributed by atoms with Crippen molar-refractivity contribution in [3.63, 3.8) is 0 Å². The molecule has 0 bridgehead atoms. The van der Waals surface area contributed by atoms with Gasteiger partial charge in [0, 0.05) is 19.0 Å². The van der Waals surface area contributed by atoms with Crippen LogP contribution in [0.3, 0.4) is 0 Å². The highest BCUT2D eigenvalue weighted by Crippen LogP contribution is 2.69. The van der Waals surface area contributed by atoms with E-state index in [0.717, 1.165) is 36.4 Å². The zero-order valence-corrected chi connectivity index (χ0v) is 42.9. The number of phosphoric ester groups is 2. The number of unbranched alkanes of at least 4 members (excludes halogenated alkanes) is 14. The average molecular weight is 1070 g/mol. The second-order valence-electron chi connectivity index (χ2n) is 16.6. The molecule has 0 saturated carbocycles. The number of alkyl halides is 1. The van der Waals surface area contributed by atoms with Gasteiger partial charge in [0.2, 0.25) is 0 Å². The molecule has 4 rings (SSSR count). The van der Waals surface area contributed by atoms with Crippen LogP contribution in [0.15, 0.2) is 64.3 Å². The summed E-state index contributed by atoms with van der Waals surface area (Å²) < 4.78 is 101. The van der Waals surface area contributed by atoms with Gasteiger partial charge in [0.25, 0.3) is 5.56 Å². The first-order valence-corrected chi connectivity index (χ1v) is 28.4. The van der Waals surface area contributed by atoms with Crippen molar-refractivity contribution in [2.45, 2.75) is 161 Å². The molecule has 70 heavy (non-hydrogen) atoms. The number of H-pyrrole nitrogens is 1. The van der Waals surface area contributed by atoms with Crippen molar-refractivity contribution in [2.75, 3.05) is 13.2 Å². The van der Waals surface area contributed by atoms with E-state index in [4.69, 9.17) is 48.4 Å². The molecule has 392 valence electrons. The van der Waals surface area contributed by atoms with Crippen LogP contribution in [0.4, 0.5) is 9.18 Å². The highest BCUT2D eigenvalue weighted by atomic mass is 35.5. The van der Waals surface area contributed by atoms with Crippen molar-refractivity contribution >= 4 is 47.2 Å². The number of benzene rings is 2. The maximum atomic E-state index is 14.9. The quantitative estimate of drug-likeness (QED) is 0.0165. The Bertz CT molecular complexity index is 2340. The summed E-state index contributed by atoms with van der Waals surface area (Å²) in [5, 5.41) is -0.402. The van der Waals surface area contributed by atoms with E-state index in [9.17, 15) is 47.1 Å². The second-order valence-corrected chi connectivity index (χ2v) is 21.8. The highest BCUT2D eigenvalue weighted by molar-refractivity contribution is 7.67. The average Bonchev–Trinajstić information content (AvgIpc) is 3.68. The minimum absolute atomic E-state index is 0.101. The number of ether oxygens (including phenoxy) is 4. The van der Waals surface area contributed by atoms with Gasteiger partial charge in [-0.25, -0.2) is 27.7 Å². The van der Waals surface area contributed by atoms with E-state index in [1.54, 1.807) is 0 Å². The molecule has 1 aliphatic rings. The summed E-state index contributed by atoms with van der Waals surface area (Å²) in [6, 6.07) is 11.3. The molecule has 20 nitrogen and oxygen atoms in total. The standard InChI is InChI=1S/C45H65ClFN2O18P3/c1-3-5-7-8-9-10-11-12-13-14-15-16-17-18-28-59-45(53)64-37-26-22-35(23-27-37)32-62-70(58,61-31-34-20-24-36(25-21-34)63-42(50)19-6-4-2)67-69(56,57)66-68(54,55)60-33-40-39(47)29-41(65-40)49-30-38(46)43(51)48-44(49)52/h20-27,30,39-41H,3-19,28-29,31-33H2,1-2H3,(H,54,55)(H,56,57)(H,48,51,52)/t39-,40+,41+,70?/m0/s1. The molecule has 0 spiro atoms. The maximum Gasteiger partial charge on any atom is 0.513 e. The van der Waals surface area contributed by atoms with Gasteiger partial charge in [-0.05, 0) is 48.2 Å². The predicted molar refractivity (Wildman–Crippen MR) is 255 cm³/mol. The Balaban J connectivity index is 1.28. The van der Waals surface area contributed by atoms with Crippen LogP contribution in [0.25, 0.3) is 0 Å². The number of halogens is 2. The number of esters is 1. The first-order valence-electron chi connectivity index (χ1n) is 23.6. The summed E-state index contributed by atoms with van der Waals surface area (Å²) in [5.41, 5.74) is -1.33. The Hall–Kier alpha value is -3.55. The van der Waals surface area contributed by atoms with Crippen LogP contribution in [-0.4, -0.2) is 57.0 Å². The van der Waals surface area contributed by atoms with E-state index in [2.05, 4.69) is 11.2 Å². The van der Waals surface area contributed by atoms with Crippen LogP contribution in [0, 0.1) is 0 Å². The van der Waals surface area contributed by atoms with Crippen LogP contribution in [0.5, 0.6) is 11.5 Å². The number of aromatic amines is 1. The van der Waals surface area contributed by atoms with Gasteiger partial charge in [-0.1, -0.05) is 140 Å². The number of phosphoric acid groups is 3. The molecule has 1 fully saturated rings. The number of aromatic nitrogens is 2. The SMILES string of the molecule is CCCCCCCCCCCCCCCCOC(=O)Oc1ccc(COP(=O)(OCc2ccc(OC(=O)CCCC)cc2)OP(=O)(O)OP(=O)(O)OC[C@H]2O[C@@H](n3cc(Cl)c(=O)[nH]c3=O)C[C@@H]2F)cc1. The molecule has 1 aromatic heterocycles. The maximum absolute atomic E-state index is 14.9. The number of nitrogens with one attached hydrogen (secondary N) is 1. The number of hydrogen-bond donors (Lipinski definition) is 3. The lowest BCUT2D eigenvalue weighted by Gasteiger charge is -2.22. The Morgan fingerprint density at radius 1 is 0.729 bits per heavy atom. The van der Waals surface area contributed by atoms with E-state index in [-0.39, 0.29) is 35.7 Å². The van der Waals surface area contributed by atoms with Crippen molar-refractivity contribution in [1.82, 2.24) is 9.55 Å². The van der Waals surface area contributed by atoms with Crippen molar-refractivity contribution < 1.29 is 78.6 Å². The normalized spacial score (nSPS) is 18.4. The minimum atomic E-state index is -5.93.